The highest BCUT2D eigenvalue weighted by atomic mass is 16.6. The molecule has 8 heteroatoms. The minimum absolute atomic E-state index is 0.00228. The number of rotatable bonds is 7. The van der Waals surface area contributed by atoms with Gasteiger partial charge in [0.2, 0.25) is 0 Å². The van der Waals surface area contributed by atoms with Gasteiger partial charge in [0.25, 0.3) is 11.6 Å². The predicted octanol–water partition coefficient (Wildman–Crippen LogP) is 4.65. The maximum absolute atomic E-state index is 13.0. The van der Waals surface area contributed by atoms with Gasteiger partial charge < -0.3 is 14.0 Å². The van der Waals surface area contributed by atoms with Crippen LogP contribution in [0, 0.1) is 10.1 Å². The summed E-state index contributed by atoms with van der Waals surface area (Å²) in [6.45, 7) is 2.11. The van der Waals surface area contributed by atoms with E-state index in [1.165, 1.54) is 12.1 Å². The molecule has 0 spiro atoms. The summed E-state index contributed by atoms with van der Waals surface area (Å²) in [5.41, 5.74) is 2.78. The van der Waals surface area contributed by atoms with Crippen LogP contribution in [-0.4, -0.2) is 32.2 Å². The maximum Gasteiger partial charge on any atom is 0.269 e. The van der Waals surface area contributed by atoms with E-state index in [1.54, 1.807) is 48.3 Å². The van der Waals surface area contributed by atoms with Gasteiger partial charge in [-0.1, -0.05) is 24.3 Å². The van der Waals surface area contributed by atoms with Crippen LogP contribution in [0.1, 0.15) is 34.6 Å². The number of nitro groups is 1. The van der Waals surface area contributed by atoms with Gasteiger partial charge in [-0.2, -0.15) is 0 Å². The molecule has 2 aromatic carbocycles. The number of hydrogen-bond donors (Lipinski definition) is 0. The second kappa shape index (κ2) is 8.89. The first-order valence-corrected chi connectivity index (χ1v) is 10.1. The summed E-state index contributed by atoms with van der Waals surface area (Å²) >= 11 is 0. The summed E-state index contributed by atoms with van der Waals surface area (Å²) in [4.78, 5) is 29.7. The number of nitrogens with zero attached hydrogens (tertiary/aromatic N) is 4. The normalized spacial score (nSPS) is 11.8. The second-order valence-electron chi connectivity index (χ2n) is 7.46. The monoisotopic (exact) mass is 430 g/mol. The maximum atomic E-state index is 13.0. The molecule has 0 aliphatic rings. The third-order valence-corrected chi connectivity index (χ3v) is 5.35. The molecule has 0 aliphatic heterocycles. The lowest BCUT2D eigenvalue weighted by Crippen LogP contribution is -2.29. The van der Waals surface area contributed by atoms with E-state index in [0.717, 1.165) is 11.3 Å². The van der Waals surface area contributed by atoms with Crippen molar-refractivity contribution in [3.8, 4) is 5.75 Å². The molecule has 0 saturated heterocycles. The molecule has 0 bridgehead atoms. The third kappa shape index (κ3) is 4.44. The van der Waals surface area contributed by atoms with E-state index >= 15 is 0 Å². The average Bonchev–Trinajstić information content (AvgIpc) is 3.24. The first kappa shape index (κ1) is 21.0. The molecule has 1 atom stereocenters. The summed E-state index contributed by atoms with van der Waals surface area (Å²) < 4.78 is 7.78. The molecule has 0 aliphatic carbocycles. The molecule has 8 nitrogen and oxygen atoms in total. The topological polar surface area (TPSA) is 90.0 Å². The highest BCUT2D eigenvalue weighted by Gasteiger charge is 2.21. The van der Waals surface area contributed by atoms with Crippen molar-refractivity contribution in [2.24, 2.45) is 0 Å². The van der Waals surface area contributed by atoms with Crippen LogP contribution >= 0.6 is 0 Å². The molecule has 1 amide bonds. The standard InChI is InChI=1S/C24H22N4O4/c1-17(18-7-5-9-21(13-18)28(30)31)26(2)24(29)19-8-6-10-22(14-19)32-16-20-15-27-12-4-3-11-23(27)25-20/h3-15,17H,16H2,1-2H3. The van der Waals surface area contributed by atoms with Crippen LogP contribution in [0.2, 0.25) is 0 Å². The van der Waals surface area contributed by atoms with E-state index in [9.17, 15) is 14.9 Å². The third-order valence-electron chi connectivity index (χ3n) is 5.35. The number of benzene rings is 2. The molecule has 0 saturated carbocycles. The van der Waals surface area contributed by atoms with Crippen LogP contribution in [0.15, 0.2) is 79.1 Å². The molecule has 32 heavy (non-hydrogen) atoms. The van der Waals surface area contributed by atoms with Crippen LogP contribution in [0.4, 0.5) is 5.69 Å². The smallest absolute Gasteiger partial charge is 0.269 e. The Hall–Kier alpha value is -4.20. The number of aromatic nitrogens is 2. The quantitative estimate of drug-likeness (QED) is 0.314. The minimum Gasteiger partial charge on any atom is -0.487 e. The Balaban J connectivity index is 1.46. The number of pyridine rings is 1. The van der Waals surface area contributed by atoms with Crippen LogP contribution in [0.3, 0.4) is 0 Å². The van der Waals surface area contributed by atoms with Gasteiger partial charge in [0, 0.05) is 37.1 Å². The number of carbonyl (C=O) groups excluding carboxylic acids is 1. The molecule has 162 valence electrons. The van der Waals surface area contributed by atoms with Gasteiger partial charge >= 0.3 is 0 Å². The molecule has 0 N–H and O–H groups in total. The Morgan fingerprint density at radius 1 is 1.16 bits per heavy atom. The number of hydrogen-bond acceptors (Lipinski definition) is 5. The first-order chi connectivity index (χ1) is 15.4. The molecule has 4 rings (SSSR count). The number of carbonyl (C=O) groups is 1. The summed E-state index contributed by atoms with van der Waals surface area (Å²) in [6.07, 6.45) is 3.82. The van der Waals surface area contributed by atoms with Crippen LogP contribution < -0.4 is 4.74 Å². The van der Waals surface area contributed by atoms with Crippen molar-refractivity contribution in [1.82, 2.24) is 14.3 Å². The lowest BCUT2D eigenvalue weighted by molar-refractivity contribution is -0.384. The van der Waals surface area contributed by atoms with E-state index in [0.29, 0.717) is 16.9 Å². The molecule has 2 aromatic heterocycles. The zero-order valence-corrected chi connectivity index (χ0v) is 17.7. The van der Waals surface area contributed by atoms with Crippen molar-refractivity contribution >= 4 is 17.2 Å². The van der Waals surface area contributed by atoms with E-state index in [-0.39, 0.29) is 24.2 Å². The fourth-order valence-corrected chi connectivity index (χ4v) is 3.43. The van der Waals surface area contributed by atoms with Gasteiger partial charge in [-0.3, -0.25) is 14.9 Å². The Labute approximate surface area is 184 Å². The molecular weight excluding hydrogens is 408 g/mol. The zero-order chi connectivity index (χ0) is 22.7. The van der Waals surface area contributed by atoms with E-state index in [1.807, 2.05) is 41.9 Å². The largest absolute Gasteiger partial charge is 0.487 e. The van der Waals surface area contributed by atoms with Gasteiger partial charge in [-0.25, -0.2) is 4.98 Å². The second-order valence-corrected chi connectivity index (χ2v) is 7.46. The number of fused-ring (bicyclic) bond motifs is 1. The summed E-state index contributed by atoms with van der Waals surface area (Å²) in [6, 6.07) is 18.7. The van der Waals surface area contributed by atoms with Crippen molar-refractivity contribution in [1.29, 1.82) is 0 Å². The van der Waals surface area contributed by atoms with Crippen molar-refractivity contribution in [3.63, 3.8) is 0 Å². The van der Waals surface area contributed by atoms with Crippen LogP contribution in [-0.2, 0) is 6.61 Å². The van der Waals surface area contributed by atoms with Crippen LogP contribution in [0.25, 0.3) is 5.65 Å². The molecule has 0 fully saturated rings. The fourth-order valence-electron chi connectivity index (χ4n) is 3.43. The van der Waals surface area contributed by atoms with Gasteiger partial charge in [-0.05, 0) is 42.8 Å². The first-order valence-electron chi connectivity index (χ1n) is 10.1. The van der Waals surface area contributed by atoms with Crippen molar-refractivity contribution < 1.29 is 14.5 Å². The number of ether oxygens (including phenoxy) is 1. The number of amides is 1. The lowest BCUT2D eigenvalue weighted by atomic mass is 10.1. The number of non-ortho nitro benzene ring substituents is 1. The highest BCUT2D eigenvalue weighted by molar-refractivity contribution is 5.94. The van der Waals surface area contributed by atoms with Crippen molar-refractivity contribution in [2.75, 3.05) is 7.05 Å². The Morgan fingerprint density at radius 2 is 1.97 bits per heavy atom. The number of imidazole rings is 1. The average molecular weight is 430 g/mol. The number of nitro benzene ring substituents is 1. The fraction of sp³-hybridized carbons (Fsp3) is 0.167. The lowest BCUT2D eigenvalue weighted by Gasteiger charge is -2.25. The van der Waals surface area contributed by atoms with E-state index < -0.39 is 4.92 Å². The minimum atomic E-state index is -0.443. The van der Waals surface area contributed by atoms with Crippen LogP contribution in [0.5, 0.6) is 5.75 Å². The SMILES string of the molecule is CC(c1cccc([N+](=O)[O-])c1)N(C)C(=O)c1cccc(OCc2cn3ccccc3n2)c1. The summed E-state index contributed by atoms with van der Waals surface area (Å²) in [7, 11) is 1.68. The van der Waals surface area contributed by atoms with E-state index in [2.05, 4.69) is 4.98 Å². The Morgan fingerprint density at radius 3 is 2.75 bits per heavy atom. The van der Waals surface area contributed by atoms with Gasteiger partial charge in [0.1, 0.15) is 18.0 Å². The van der Waals surface area contributed by atoms with Gasteiger partial charge in [0.05, 0.1) is 16.7 Å². The highest BCUT2D eigenvalue weighted by Crippen LogP contribution is 2.25. The molecule has 4 aromatic rings. The molecule has 0 radical (unpaired) electrons. The van der Waals surface area contributed by atoms with E-state index in [4.69, 9.17) is 4.74 Å². The Kier molecular flexibility index (Phi) is 5.85. The molecule has 1 unspecified atom stereocenters. The Bertz CT molecular complexity index is 1250. The summed E-state index contributed by atoms with van der Waals surface area (Å²) in [5, 5.41) is 11.1. The van der Waals surface area contributed by atoms with Crippen molar-refractivity contribution in [3.05, 3.63) is 106 Å². The summed E-state index contributed by atoms with van der Waals surface area (Å²) in [5.74, 6) is 0.353. The molecular formula is C24H22N4O4. The molecule has 2 heterocycles. The predicted molar refractivity (Wildman–Crippen MR) is 120 cm³/mol. The zero-order valence-electron chi connectivity index (χ0n) is 17.7. The van der Waals surface area contributed by atoms with Gasteiger partial charge in [0.15, 0.2) is 0 Å². The van der Waals surface area contributed by atoms with Gasteiger partial charge in [-0.15, -0.1) is 0 Å². The van der Waals surface area contributed by atoms with Crippen molar-refractivity contribution in [2.45, 2.75) is 19.6 Å².